The Bertz CT molecular complexity index is 2610. The molecule has 3 radical (unpaired) electrons. The Kier molecular flexibility index (Phi) is 17.8. The van der Waals surface area contributed by atoms with Crippen molar-refractivity contribution in [2.24, 2.45) is 16.6 Å². The fourth-order valence-electron chi connectivity index (χ4n) is 16.5. The van der Waals surface area contributed by atoms with Gasteiger partial charge in [0, 0.05) is 131 Å². The maximum atomic E-state index is 12.9. The molecule has 0 aromatic heterocycles. The van der Waals surface area contributed by atoms with Crippen LogP contribution in [0, 0.1) is 10.8 Å². The third-order valence-electron chi connectivity index (χ3n) is 19.1. The monoisotopic (exact) mass is 1100 g/mol. The first-order valence-electron chi connectivity index (χ1n) is 27.3. The summed E-state index contributed by atoms with van der Waals surface area (Å²) in [5.41, 5.74) is 6.01. The molecule has 16 nitrogen and oxygen atoms in total. The summed E-state index contributed by atoms with van der Waals surface area (Å²) < 4.78 is 17.9. The zero-order chi connectivity index (χ0) is 54.0. The molecule has 77 heavy (non-hydrogen) atoms. The molecule has 5 fully saturated rings. The first kappa shape index (κ1) is 60.4. The van der Waals surface area contributed by atoms with Crippen LogP contribution in [0.25, 0.3) is 0 Å². The number of methoxy groups -OCH3 is 2. The summed E-state index contributed by atoms with van der Waals surface area (Å²) in [4.78, 5) is 47.5. The number of fused-ring (bicyclic) bond motifs is 2. The number of esters is 1. The molecule has 2 saturated carbocycles. The number of benzene rings is 2. The van der Waals surface area contributed by atoms with Crippen LogP contribution in [-0.4, -0.2) is 188 Å². The van der Waals surface area contributed by atoms with Crippen molar-refractivity contribution in [1.82, 2.24) is 20.0 Å². The highest BCUT2D eigenvalue weighted by molar-refractivity contribution is 8.23. The quantitative estimate of drug-likeness (QED) is 0.0811. The Morgan fingerprint density at radius 2 is 1.29 bits per heavy atom. The van der Waals surface area contributed by atoms with E-state index in [0.717, 1.165) is 97.8 Å². The van der Waals surface area contributed by atoms with Gasteiger partial charge in [0.1, 0.15) is 33.1 Å². The van der Waals surface area contributed by atoms with E-state index in [0.29, 0.717) is 19.3 Å². The maximum absolute atomic E-state index is 12.9. The van der Waals surface area contributed by atoms with Crippen molar-refractivity contribution in [1.29, 1.82) is 0 Å². The molecule has 0 unspecified atom stereocenters. The molecule has 19 heteroatoms. The average Bonchev–Trinajstić information content (AvgIpc) is 4.43. The molecular formula is C58H85BN7O9S2. The van der Waals surface area contributed by atoms with Gasteiger partial charge in [0.25, 0.3) is 0 Å². The van der Waals surface area contributed by atoms with Crippen molar-refractivity contribution >= 4 is 65.9 Å². The summed E-state index contributed by atoms with van der Waals surface area (Å²) in [5.74, 6) is 2.17. The fourth-order valence-corrected chi connectivity index (χ4v) is 17.7. The number of aliphatic hydroxyl groups excluding tert-OH is 1. The van der Waals surface area contributed by atoms with E-state index in [9.17, 15) is 29.7 Å². The van der Waals surface area contributed by atoms with E-state index in [4.69, 9.17) is 32.2 Å². The van der Waals surface area contributed by atoms with E-state index in [2.05, 4.69) is 81.3 Å². The zero-order valence-electron chi connectivity index (χ0n) is 46.0. The minimum Gasteiger partial charge on any atom is -0.497 e. The molecule has 7 heterocycles. The van der Waals surface area contributed by atoms with Crippen molar-refractivity contribution in [2.45, 2.75) is 152 Å². The summed E-state index contributed by atoms with van der Waals surface area (Å²) in [6.07, 6.45) is 12.8. The minimum atomic E-state index is -1.53. The van der Waals surface area contributed by atoms with Gasteiger partial charge in [-0.15, -0.1) is 0 Å². The zero-order valence-corrected chi connectivity index (χ0v) is 47.7. The highest BCUT2D eigenvalue weighted by Gasteiger charge is 2.79. The van der Waals surface area contributed by atoms with Crippen LogP contribution in [-0.2, 0) is 30.0 Å². The van der Waals surface area contributed by atoms with Crippen LogP contribution in [0.5, 0.6) is 11.5 Å². The van der Waals surface area contributed by atoms with Gasteiger partial charge in [-0.25, -0.2) is 0 Å². The van der Waals surface area contributed by atoms with E-state index < -0.39 is 51.7 Å². The van der Waals surface area contributed by atoms with Crippen LogP contribution < -0.4 is 30.3 Å². The van der Waals surface area contributed by atoms with Gasteiger partial charge < -0.3 is 50.4 Å². The van der Waals surface area contributed by atoms with Gasteiger partial charge >= 0.3 is 5.97 Å². The van der Waals surface area contributed by atoms with Gasteiger partial charge in [0.05, 0.1) is 39.0 Å². The fraction of sp³-hybridized carbons (Fsp3) is 0.655. The third kappa shape index (κ3) is 8.85. The van der Waals surface area contributed by atoms with Crippen molar-refractivity contribution in [3.8, 4) is 11.5 Å². The molecule has 6 N–H and O–H groups in total. The van der Waals surface area contributed by atoms with Gasteiger partial charge in [-0.1, -0.05) is 95.5 Å². The van der Waals surface area contributed by atoms with Crippen LogP contribution in [0.1, 0.15) is 105 Å². The number of hydrogen-bond donors (Lipinski definition) is 5. The highest BCUT2D eigenvalue weighted by Crippen LogP contribution is 2.68. The molecule has 2 aromatic carbocycles. The van der Waals surface area contributed by atoms with Crippen molar-refractivity contribution in [2.75, 3.05) is 89.7 Å². The second-order valence-electron chi connectivity index (χ2n) is 22.4. The van der Waals surface area contributed by atoms with Gasteiger partial charge in [0.2, 0.25) is 11.8 Å². The summed E-state index contributed by atoms with van der Waals surface area (Å²) in [7, 11) is 7.35. The number of aliphatic hydroxyl groups is 3. The van der Waals surface area contributed by atoms with Crippen molar-refractivity contribution in [3.63, 3.8) is 0 Å². The average molecular weight is 1100 g/mol. The predicted octanol–water partition coefficient (Wildman–Crippen LogP) is 5.14. The number of ether oxygens (including phenoxy) is 3. The molecule has 3 saturated heterocycles. The number of nitrogens with one attached hydrogen (secondary N) is 1. The SMILES string of the molecule is C.CCCC(=O)N1CCSC1=S.CCCC(=O)NC[C@@]1(O)[C@H](OC(C)=O)[C@]2(CC)C=CCN3CC[C@@]4(c5ccc(OC)cc5N(C)[C@@H]14)[C@@H]32.CC[C@]12C=CCN3CC[C@@]4(c5ccc(OC)cc5N(C)[C@H]4[C@@](O)(CN)[C@@H]1O)[C@@H]32.[B]. The normalized spacial score (nSPS) is 35.3. The third-order valence-corrected chi connectivity index (χ3v) is 20.5. The molecule has 12 atom stereocenters. The van der Waals surface area contributed by atoms with Crippen molar-refractivity contribution in [3.05, 3.63) is 71.8 Å². The summed E-state index contributed by atoms with van der Waals surface area (Å²) >= 11 is 6.60. The van der Waals surface area contributed by atoms with Crippen LogP contribution in [0.2, 0.25) is 0 Å². The Morgan fingerprint density at radius 3 is 1.74 bits per heavy atom. The summed E-state index contributed by atoms with van der Waals surface area (Å²) in [5, 5.41) is 39.4. The van der Waals surface area contributed by atoms with Crippen LogP contribution >= 0.6 is 24.0 Å². The number of hydrogen-bond acceptors (Lipinski definition) is 16. The molecule has 2 spiro atoms. The Hall–Kier alpha value is -4.21. The second-order valence-corrected chi connectivity index (χ2v) is 24.1. The summed E-state index contributed by atoms with van der Waals surface area (Å²) in [6, 6.07) is 11.9. The molecule has 2 amide bonds. The molecule has 0 bridgehead atoms. The number of thioether (sulfide) groups is 1. The number of thiocarbonyl (C=S) groups is 1. The van der Waals surface area contributed by atoms with Crippen LogP contribution in [0.15, 0.2) is 60.7 Å². The molecule has 9 aliphatic rings. The first-order chi connectivity index (χ1) is 35.8. The second kappa shape index (κ2) is 22.7. The minimum absolute atomic E-state index is 0. The Balaban J connectivity index is 0.000000186. The summed E-state index contributed by atoms with van der Waals surface area (Å²) in [6.45, 7) is 14.0. The molecule has 11 rings (SSSR count). The van der Waals surface area contributed by atoms with E-state index in [-0.39, 0.29) is 64.3 Å². The smallest absolute Gasteiger partial charge is 0.303 e. The van der Waals surface area contributed by atoms with Gasteiger partial charge in [0.15, 0.2) is 0 Å². The number of likely N-dealkylation sites (N-methyl/N-ethyl adjacent to an activating group) is 2. The molecule has 2 aromatic rings. The van der Waals surface area contributed by atoms with Crippen molar-refractivity contribution < 1.29 is 43.9 Å². The molecular weight excluding hydrogens is 1010 g/mol. The topological polar surface area (TPSA) is 194 Å². The van der Waals surface area contributed by atoms with Crippen LogP contribution in [0.3, 0.4) is 0 Å². The number of nitrogens with two attached hydrogens (primary N) is 1. The standard InChI is InChI=1S/C28H39N3O5.C22H31N3O3.C7H11NOS2.CH4.B/c1-6-9-22(33)29-17-28(34)24-27(20-11-10-19(35-5)16-21(20)30(24)4)13-15-31-14-8-12-26(7-2,23(27)31)25(28)36-18(3)32;1-4-20-8-5-10-25-11-9-21(17(20)25)15-7-6-14(28-3)12-16(15)24(2)18(21)22(27,13-23)19(20)26;1-2-3-6(9)8-4-5-11-7(8)10;;/h8,10-12,16,23-25,34H,6-7,9,13-15,17H2,1-5H3,(H,29,33);5-8,12,17-19,26-27H,4,9-11,13,23H2,1-3H3;2-5H2,1H3;1H4;/t23-,24+,25+,26+,27+,28-;17-,18+,19+,20+,21+,22-;;;/m00.../s1. The lowest BCUT2D eigenvalue weighted by atomic mass is 9.47. The number of carbonyl (C=O) groups is 3. The number of anilines is 2. The van der Waals surface area contributed by atoms with Crippen LogP contribution in [0.4, 0.5) is 11.4 Å². The largest absolute Gasteiger partial charge is 0.497 e. The van der Waals surface area contributed by atoms with Gasteiger partial charge in [-0.3, -0.25) is 29.1 Å². The molecule has 421 valence electrons. The first-order valence-corrected chi connectivity index (χ1v) is 28.6. The predicted molar refractivity (Wildman–Crippen MR) is 310 cm³/mol. The van der Waals surface area contributed by atoms with E-state index in [1.807, 2.05) is 46.1 Å². The number of nitrogens with zero attached hydrogens (tertiary/aromatic N) is 5. The van der Waals surface area contributed by atoms with E-state index in [1.165, 1.54) is 18.1 Å². The van der Waals surface area contributed by atoms with E-state index >= 15 is 0 Å². The lowest BCUT2D eigenvalue weighted by molar-refractivity contribution is -0.217. The highest BCUT2D eigenvalue weighted by atomic mass is 32.2. The van der Waals surface area contributed by atoms with Gasteiger partial charge in [-0.05, 0) is 74.9 Å². The van der Waals surface area contributed by atoms with Gasteiger partial charge in [-0.2, -0.15) is 0 Å². The maximum Gasteiger partial charge on any atom is 0.303 e. The molecule has 2 aliphatic carbocycles. The number of amides is 2. The number of carbonyl (C=O) groups excluding carboxylic acids is 3. The van der Waals surface area contributed by atoms with E-state index in [1.54, 1.807) is 30.9 Å². The lowest BCUT2D eigenvalue weighted by Crippen LogP contribution is -2.81. The Morgan fingerprint density at radius 1 is 0.779 bits per heavy atom. The Labute approximate surface area is 469 Å². The molecule has 7 aliphatic heterocycles. The number of rotatable bonds is 12. The lowest BCUT2D eigenvalue weighted by Gasteiger charge is -2.64.